The normalized spacial score (nSPS) is 15.5. The Morgan fingerprint density at radius 3 is 2.44 bits per heavy atom. The van der Waals surface area contributed by atoms with Crippen molar-refractivity contribution in [3.05, 3.63) is 70.4 Å². The van der Waals surface area contributed by atoms with E-state index in [1.54, 1.807) is 11.1 Å². The Bertz CT molecular complexity index is 1420. The topological polar surface area (TPSA) is 90.5 Å². The number of benzene rings is 2. The molecule has 43 heavy (non-hydrogen) atoms. The van der Waals surface area contributed by atoms with Crippen LogP contribution in [-0.4, -0.2) is 52.4 Å². The molecule has 3 heterocycles. The molecule has 228 valence electrons. The summed E-state index contributed by atoms with van der Waals surface area (Å²) in [6.45, 7) is 8.90. The minimum atomic E-state index is -0.183. The monoisotopic (exact) mass is 602 g/mol. The van der Waals surface area contributed by atoms with E-state index < -0.39 is 0 Å². The zero-order valence-corrected chi connectivity index (χ0v) is 26.3. The Morgan fingerprint density at radius 2 is 1.74 bits per heavy atom. The highest BCUT2D eigenvalue weighted by Gasteiger charge is 2.30. The molecule has 1 aromatic heterocycles. The second-order valence-electron chi connectivity index (χ2n) is 11.8. The van der Waals surface area contributed by atoms with Crippen LogP contribution in [0.15, 0.2) is 48.7 Å². The Labute approximate surface area is 260 Å². The van der Waals surface area contributed by atoms with E-state index in [-0.39, 0.29) is 24.4 Å². The Hall–Kier alpha value is -3.65. The van der Waals surface area contributed by atoms with Crippen LogP contribution in [-0.2, 0) is 11.3 Å². The van der Waals surface area contributed by atoms with Crippen LogP contribution in [0.25, 0.3) is 11.3 Å². The average molecular weight is 603 g/mol. The zero-order chi connectivity index (χ0) is 30.3. The summed E-state index contributed by atoms with van der Waals surface area (Å²) in [5.74, 6) is 0.184. The quantitative estimate of drug-likeness (QED) is 0.232. The fourth-order valence-corrected chi connectivity index (χ4v) is 6.31. The van der Waals surface area contributed by atoms with Crippen molar-refractivity contribution in [3.8, 4) is 11.3 Å². The van der Waals surface area contributed by atoms with Crippen molar-refractivity contribution in [2.75, 3.05) is 29.9 Å². The van der Waals surface area contributed by atoms with Gasteiger partial charge in [-0.15, -0.1) is 0 Å². The number of hydrogen-bond donors (Lipinski definition) is 2. The van der Waals surface area contributed by atoms with Crippen molar-refractivity contribution < 1.29 is 9.59 Å². The maximum absolute atomic E-state index is 13.4. The van der Waals surface area contributed by atoms with E-state index in [2.05, 4.69) is 58.6 Å². The van der Waals surface area contributed by atoms with Gasteiger partial charge in [-0.3, -0.25) is 9.59 Å². The summed E-state index contributed by atoms with van der Waals surface area (Å²) < 4.78 is 0. The van der Waals surface area contributed by atoms with Crippen molar-refractivity contribution >= 4 is 35.1 Å². The van der Waals surface area contributed by atoms with E-state index in [0.29, 0.717) is 34.8 Å². The third-order valence-corrected chi connectivity index (χ3v) is 8.72. The van der Waals surface area contributed by atoms with Crippen molar-refractivity contribution in [2.24, 2.45) is 0 Å². The van der Waals surface area contributed by atoms with Crippen LogP contribution in [0.2, 0.25) is 5.02 Å². The molecule has 1 atom stereocenters. The molecule has 5 rings (SSSR count). The summed E-state index contributed by atoms with van der Waals surface area (Å²) in [5.41, 5.74) is 5.06. The third kappa shape index (κ3) is 7.47. The van der Waals surface area contributed by atoms with Gasteiger partial charge in [0, 0.05) is 42.5 Å². The molecule has 2 N–H and O–H groups in total. The molecule has 1 unspecified atom stereocenters. The zero-order valence-electron chi connectivity index (χ0n) is 25.5. The first kappa shape index (κ1) is 30.8. The molecule has 2 aliphatic heterocycles. The largest absolute Gasteiger partial charge is 0.372 e. The van der Waals surface area contributed by atoms with E-state index in [4.69, 9.17) is 16.6 Å². The molecule has 0 saturated carbocycles. The predicted octanol–water partition coefficient (Wildman–Crippen LogP) is 7.00. The van der Waals surface area contributed by atoms with Crippen molar-refractivity contribution in [3.63, 3.8) is 0 Å². The minimum absolute atomic E-state index is 0.00236. The van der Waals surface area contributed by atoms with Crippen molar-refractivity contribution in [1.82, 2.24) is 20.2 Å². The number of amides is 2. The highest BCUT2D eigenvalue weighted by Crippen LogP contribution is 2.32. The van der Waals surface area contributed by atoms with Crippen LogP contribution in [0.3, 0.4) is 0 Å². The molecule has 1 fully saturated rings. The van der Waals surface area contributed by atoms with Crippen LogP contribution in [0.4, 0.5) is 11.6 Å². The number of aromatic nitrogens is 2. The number of anilines is 2. The standard InChI is InChI=1S/C34H43ClN6O2/c1-4-9-27(10-5-2)38-34-36-20-30(35)32(39-34)25-11-12-26-21-41(33(43)29(26)19-25)22-31(42)37-23(3)24-13-15-28(16-14-24)40-17-7-6-8-18-40/h11-16,19-20,23,27H,4-10,17-18,21-22H2,1-3H3,(H,37,42)(H,36,38,39). The lowest BCUT2D eigenvalue weighted by molar-refractivity contribution is -0.122. The van der Waals surface area contributed by atoms with Crippen LogP contribution in [0.5, 0.6) is 0 Å². The van der Waals surface area contributed by atoms with Crippen molar-refractivity contribution in [2.45, 2.75) is 84.3 Å². The Balaban J connectivity index is 1.21. The van der Waals surface area contributed by atoms with Gasteiger partial charge in [0.25, 0.3) is 5.91 Å². The van der Waals surface area contributed by atoms with Gasteiger partial charge in [-0.25, -0.2) is 9.97 Å². The summed E-state index contributed by atoms with van der Waals surface area (Å²) >= 11 is 6.52. The van der Waals surface area contributed by atoms with Gasteiger partial charge in [0.05, 0.1) is 23.0 Å². The number of nitrogens with zero attached hydrogens (tertiary/aromatic N) is 4. The van der Waals surface area contributed by atoms with E-state index in [1.807, 2.05) is 25.1 Å². The first-order valence-electron chi connectivity index (χ1n) is 15.7. The smallest absolute Gasteiger partial charge is 0.254 e. The Kier molecular flexibility index (Phi) is 10.2. The molecular formula is C34H43ClN6O2. The number of rotatable bonds is 12. The highest BCUT2D eigenvalue weighted by molar-refractivity contribution is 6.33. The molecule has 2 aliphatic rings. The molecule has 0 spiro atoms. The summed E-state index contributed by atoms with van der Waals surface area (Å²) in [6.07, 6.45) is 9.60. The molecule has 0 bridgehead atoms. The fraction of sp³-hybridized carbons (Fsp3) is 0.471. The average Bonchev–Trinajstić information content (AvgIpc) is 3.32. The lowest BCUT2D eigenvalue weighted by atomic mass is 10.0. The van der Waals surface area contributed by atoms with Gasteiger partial charge in [-0.1, -0.05) is 62.6 Å². The van der Waals surface area contributed by atoms with E-state index in [0.717, 1.165) is 55.5 Å². The summed E-state index contributed by atoms with van der Waals surface area (Å²) in [5, 5.41) is 6.94. The summed E-state index contributed by atoms with van der Waals surface area (Å²) in [6, 6.07) is 14.3. The fourth-order valence-electron chi connectivity index (χ4n) is 6.11. The van der Waals surface area contributed by atoms with E-state index in [1.165, 1.54) is 24.9 Å². The maximum atomic E-state index is 13.4. The molecule has 2 aromatic carbocycles. The van der Waals surface area contributed by atoms with Gasteiger partial charge in [-0.2, -0.15) is 0 Å². The van der Waals surface area contributed by atoms with Crippen LogP contribution in [0, 0.1) is 0 Å². The third-order valence-electron chi connectivity index (χ3n) is 8.44. The number of nitrogens with one attached hydrogen (secondary N) is 2. The first-order valence-corrected chi connectivity index (χ1v) is 16.1. The second-order valence-corrected chi connectivity index (χ2v) is 12.2. The molecular weight excluding hydrogens is 560 g/mol. The molecule has 0 radical (unpaired) electrons. The van der Waals surface area contributed by atoms with Gasteiger partial charge in [0.2, 0.25) is 11.9 Å². The Morgan fingerprint density at radius 1 is 1.02 bits per heavy atom. The number of carbonyl (C=O) groups is 2. The number of hydrogen-bond acceptors (Lipinski definition) is 6. The molecule has 9 heteroatoms. The number of fused-ring (bicyclic) bond motifs is 1. The number of piperidine rings is 1. The lowest BCUT2D eigenvalue weighted by Gasteiger charge is -2.29. The number of carbonyl (C=O) groups excluding carboxylic acids is 2. The predicted molar refractivity (Wildman–Crippen MR) is 174 cm³/mol. The van der Waals surface area contributed by atoms with Gasteiger partial charge in [-0.05, 0) is 68.4 Å². The number of halogens is 1. The van der Waals surface area contributed by atoms with Gasteiger partial charge >= 0.3 is 0 Å². The van der Waals surface area contributed by atoms with Crippen LogP contribution in [0.1, 0.15) is 93.2 Å². The summed E-state index contributed by atoms with van der Waals surface area (Å²) in [4.78, 5) is 39.5. The molecule has 1 saturated heterocycles. The van der Waals surface area contributed by atoms with Crippen molar-refractivity contribution in [1.29, 1.82) is 0 Å². The van der Waals surface area contributed by atoms with Crippen LogP contribution < -0.4 is 15.5 Å². The minimum Gasteiger partial charge on any atom is -0.372 e. The molecule has 0 aliphatic carbocycles. The highest BCUT2D eigenvalue weighted by atomic mass is 35.5. The first-order chi connectivity index (χ1) is 20.9. The SMILES string of the molecule is CCCC(CCC)Nc1ncc(Cl)c(-c2ccc3c(c2)C(=O)N(CC(=O)NC(C)c2ccc(N4CCCCC4)cc2)C3)n1. The summed E-state index contributed by atoms with van der Waals surface area (Å²) in [7, 11) is 0. The molecule has 8 nitrogen and oxygen atoms in total. The second kappa shape index (κ2) is 14.2. The van der Waals surface area contributed by atoms with Gasteiger partial charge in [0.15, 0.2) is 0 Å². The lowest BCUT2D eigenvalue weighted by Crippen LogP contribution is -2.38. The van der Waals surface area contributed by atoms with Gasteiger partial charge < -0.3 is 20.4 Å². The molecule has 2 amide bonds. The van der Waals surface area contributed by atoms with Crippen LogP contribution >= 0.6 is 11.6 Å². The van der Waals surface area contributed by atoms with E-state index >= 15 is 0 Å². The molecule has 3 aromatic rings. The maximum Gasteiger partial charge on any atom is 0.254 e. The van der Waals surface area contributed by atoms with E-state index in [9.17, 15) is 9.59 Å². The van der Waals surface area contributed by atoms with Gasteiger partial charge in [0.1, 0.15) is 6.54 Å².